The predicted molar refractivity (Wildman–Crippen MR) is 197 cm³/mol. The lowest BCUT2D eigenvalue weighted by Crippen LogP contribution is -2.27. The Morgan fingerprint density at radius 1 is 0.549 bits per heavy atom. The van der Waals surface area contributed by atoms with Crippen LogP contribution in [0.4, 0.5) is 11.4 Å². The largest absolute Gasteiger partial charge is 0.491 e. The SMILES string of the molecule is CC(COCC(C)Oc1ccc(C=Nc2ccc(OCC3CO3)cc2)cc1)OCC(C)Oc1ccc(C=Nc2ccc(OCC3CO3)cc2)cc1. The molecule has 2 aliphatic rings. The second kappa shape index (κ2) is 18.5. The van der Waals surface area contributed by atoms with Gasteiger partial charge in [-0.25, -0.2) is 0 Å². The van der Waals surface area contributed by atoms with E-state index in [1.54, 1.807) is 0 Å². The molecule has 2 fully saturated rings. The zero-order valence-electron chi connectivity index (χ0n) is 29.4. The standard InChI is InChI=1S/C41H46N2O8/c1-29(45-24-31(3)51-39-14-6-33(7-15-39)21-43-35-10-18-37(19-11-35)47-26-41-28-49-41)22-44-23-30(2)50-38-12-4-32(5-13-38)20-42-34-8-16-36(17-9-34)46-25-40-27-48-40/h4-21,29-31,40-41H,22-28H2,1-3H3. The minimum atomic E-state index is -0.123. The molecule has 0 N–H and O–H groups in total. The van der Waals surface area contributed by atoms with E-state index >= 15 is 0 Å². The number of benzene rings is 4. The van der Waals surface area contributed by atoms with E-state index in [9.17, 15) is 0 Å². The van der Waals surface area contributed by atoms with Gasteiger partial charge in [0.1, 0.15) is 60.6 Å². The van der Waals surface area contributed by atoms with Crippen LogP contribution in [0.25, 0.3) is 0 Å². The molecule has 10 heteroatoms. The Morgan fingerprint density at radius 3 is 1.37 bits per heavy atom. The molecular formula is C41H46N2O8. The van der Waals surface area contributed by atoms with Crippen molar-refractivity contribution >= 4 is 23.8 Å². The normalized spacial score (nSPS) is 18.3. The van der Waals surface area contributed by atoms with E-state index < -0.39 is 0 Å². The smallest absolute Gasteiger partial charge is 0.119 e. The van der Waals surface area contributed by atoms with E-state index in [-0.39, 0.29) is 30.5 Å². The van der Waals surface area contributed by atoms with Crippen molar-refractivity contribution in [2.75, 3.05) is 46.2 Å². The summed E-state index contributed by atoms with van der Waals surface area (Å²) in [5, 5.41) is 0. The number of aliphatic imine (C=N–C) groups is 2. The van der Waals surface area contributed by atoms with Gasteiger partial charge in [-0.1, -0.05) is 0 Å². The van der Waals surface area contributed by atoms with Gasteiger partial charge in [0, 0.05) is 12.4 Å². The number of hydrogen-bond acceptors (Lipinski definition) is 10. The fourth-order valence-electron chi connectivity index (χ4n) is 4.81. The van der Waals surface area contributed by atoms with Crippen LogP contribution in [-0.4, -0.2) is 89.2 Å². The highest BCUT2D eigenvalue weighted by atomic mass is 16.6. The van der Waals surface area contributed by atoms with Gasteiger partial charge in [0.15, 0.2) is 0 Å². The molecule has 0 saturated carbocycles. The fourth-order valence-corrected chi connectivity index (χ4v) is 4.81. The molecule has 10 nitrogen and oxygen atoms in total. The third kappa shape index (κ3) is 13.1. The van der Waals surface area contributed by atoms with Crippen molar-refractivity contribution in [2.24, 2.45) is 9.98 Å². The number of hydrogen-bond donors (Lipinski definition) is 0. The molecule has 268 valence electrons. The average Bonchev–Trinajstić information content (AvgIpc) is 4.09. The quantitative estimate of drug-likeness (QED) is 0.0657. The molecule has 2 saturated heterocycles. The highest BCUT2D eigenvalue weighted by Gasteiger charge is 2.23. The van der Waals surface area contributed by atoms with E-state index in [4.69, 9.17) is 37.9 Å². The van der Waals surface area contributed by atoms with Crippen molar-refractivity contribution in [3.8, 4) is 23.0 Å². The number of ether oxygens (including phenoxy) is 8. The molecule has 4 aromatic rings. The van der Waals surface area contributed by atoms with Crippen LogP contribution >= 0.6 is 0 Å². The highest BCUT2D eigenvalue weighted by Crippen LogP contribution is 2.22. The van der Waals surface area contributed by atoms with Gasteiger partial charge < -0.3 is 37.9 Å². The molecule has 0 spiro atoms. The maximum Gasteiger partial charge on any atom is 0.119 e. The van der Waals surface area contributed by atoms with Crippen LogP contribution in [0, 0.1) is 0 Å². The van der Waals surface area contributed by atoms with E-state index in [0.717, 1.165) is 58.7 Å². The summed E-state index contributed by atoms with van der Waals surface area (Å²) in [6.45, 7) is 10.1. The molecule has 5 unspecified atom stereocenters. The molecule has 2 aliphatic heterocycles. The Hall–Kier alpha value is -4.74. The molecule has 0 radical (unpaired) electrons. The number of epoxide rings is 2. The van der Waals surface area contributed by atoms with Crippen molar-refractivity contribution in [2.45, 2.75) is 51.3 Å². The van der Waals surface area contributed by atoms with Gasteiger partial charge in [0.25, 0.3) is 0 Å². The van der Waals surface area contributed by atoms with Gasteiger partial charge in [-0.2, -0.15) is 0 Å². The molecular weight excluding hydrogens is 648 g/mol. The summed E-state index contributed by atoms with van der Waals surface area (Å²) in [7, 11) is 0. The summed E-state index contributed by atoms with van der Waals surface area (Å²) < 4.78 is 45.6. The summed E-state index contributed by atoms with van der Waals surface area (Å²) in [5.74, 6) is 3.18. The first kappa shape index (κ1) is 36.1. The molecule has 51 heavy (non-hydrogen) atoms. The van der Waals surface area contributed by atoms with Crippen LogP contribution in [0.1, 0.15) is 31.9 Å². The van der Waals surface area contributed by atoms with Crippen molar-refractivity contribution < 1.29 is 37.9 Å². The lowest BCUT2D eigenvalue weighted by molar-refractivity contribution is -0.0428. The van der Waals surface area contributed by atoms with Crippen molar-refractivity contribution in [3.63, 3.8) is 0 Å². The predicted octanol–water partition coefficient (Wildman–Crippen LogP) is 7.40. The Morgan fingerprint density at radius 2 is 0.941 bits per heavy atom. The van der Waals surface area contributed by atoms with Crippen molar-refractivity contribution in [1.29, 1.82) is 0 Å². The van der Waals surface area contributed by atoms with Crippen LogP contribution in [-0.2, 0) is 18.9 Å². The Kier molecular flexibility index (Phi) is 13.1. The van der Waals surface area contributed by atoms with Crippen LogP contribution in [0.5, 0.6) is 23.0 Å². The van der Waals surface area contributed by atoms with Gasteiger partial charge in [-0.15, -0.1) is 0 Å². The summed E-state index contributed by atoms with van der Waals surface area (Å²) in [4.78, 5) is 9.11. The summed E-state index contributed by atoms with van der Waals surface area (Å²) in [6, 6.07) is 31.1. The van der Waals surface area contributed by atoms with Gasteiger partial charge in [0.2, 0.25) is 0 Å². The summed E-state index contributed by atoms with van der Waals surface area (Å²) >= 11 is 0. The van der Waals surface area contributed by atoms with Crippen molar-refractivity contribution in [3.05, 3.63) is 108 Å². The fraction of sp³-hybridized carbons (Fsp3) is 0.366. The Balaban J connectivity index is 0.824. The van der Waals surface area contributed by atoms with Crippen LogP contribution in [0.15, 0.2) is 107 Å². The minimum absolute atomic E-state index is 0.0886. The molecule has 0 aliphatic carbocycles. The Labute approximate surface area is 299 Å². The zero-order valence-corrected chi connectivity index (χ0v) is 29.4. The minimum Gasteiger partial charge on any atom is -0.491 e. The van der Waals surface area contributed by atoms with Crippen LogP contribution < -0.4 is 18.9 Å². The van der Waals surface area contributed by atoms with Crippen LogP contribution in [0.2, 0.25) is 0 Å². The maximum atomic E-state index is 6.05. The summed E-state index contributed by atoms with van der Waals surface area (Å²) in [6.07, 6.45) is 3.81. The van der Waals surface area contributed by atoms with E-state index in [1.165, 1.54) is 0 Å². The zero-order chi connectivity index (χ0) is 35.3. The number of rotatable bonds is 21. The second-order valence-electron chi connectivity index (χ2n) is 12.7. The third-order valence-corrected chi connectivity index (χ3v) is 7.83. The molecule has 0 bridgehead atoms. The van der Waals surface area contributed by atoms with E-state index in [0.29, 0.717) is 33.0 Å². The Bertz CT molecular complexity index is 1670. The topological polar surface area (TPSA) is 105 Å². The molecule has 2 heterocycles. The first-order chi connectivity index (χ1) is 24.9. The lowest BCUT2D eigenvalue weighted by Gasteiger charge is -2.20. The molecule has 0 amide bonds. The van der Waals surface area contributed by atoms with Crippen LogP contribution in [0.3, 0.4) is 0 Å². The third-order valence-electron chi connectivity index (χ3n) is 7.83. The molecule has 4 aromatic carbocycles. The lowest BCUT2D eigenvalue weighted by atomic mass is 10.2. The monoisotopic (exact) mass is 694 g/mol. The summed E-state index contributed by atoms with van der Waals surface area (Å²) in [5.41, 5.74) is 3.67. The number of nitrogens with zero attached hydrogens (tertiary/aromatic N) is 2. The average molecular weight is 695 g/mol. The van der Waals surface area contributed by atoms with E-state index in [1.807, 2.05) is 130 Å². The van der Waals surface area contributed by atoms with Gasteiger partial charge in [-0.05, 0) is 129 Å². The molecule has 5 atom stereocenters. The first-order valence-electron chi connectivity index (χ1n) is 17.4. The highest BCUT2D eigenvalue weighted by molar-refractivity contribution is 5.82. The second-order valence-corrected chi connectivity index (χ2v) is 12.7. The maximum absolute atomic E-state index is 6.05. The van der Waals surface area contributed by atoms with Gasteiger partial charge in [0.05, 0.1) is 50.5 Å². The van der Waals surface area contributed by atoms with Gasteiger partial charge >= 0.3 is 0 Å². The van der Waals surface area contributed by atoms with Crippen molar-refractivity contribution in [1.82, 2.24) is 0 Å². The molecule has 6 rings (SSSR count). The molecule has 0 aromatic heterocycles. The van der Waals surface area contributed by atoms with E-state index in [2.05, 4.69) is 9.98 Å². The first-order valence-corrected chi connectivity index (χ1v) is 17.4. The van der Waals surface area contributed by atoms with Gasteiger partial charge in [-0.3, -0.25) is 9.98 Å².